The lowest BCUT2D eigenvalue weighted by Gasteiger charge is -2.16. The number of halogens is 1. The second kappa shape index (κ2) is 11.6. The van der Waals surface area contributed by atoms with Crippen LogP contribution in [0.15, 0.2) is 53.5 Å². The molecule has 0 aromatic heterocycles. The number of nitrogens with one attached hydrogen (secondary N) is 2. The highest BCUT2D eigenvalue weighted by molar-refractivity contribution is 14.0. The van der Waals surface area contributed by atoms with Gasteiger partial charge in [0.15, 0.2) is 5.96 Å². The second-order valence-corrected chi connectivity index (χ2v) is 6.46. The molecule has 0 bridgehead atoms. The quantitative estimate of drug-likeness (QED) is 0.322. The summed E-state index contributed by atoms with van der Waals surface area (Å²) < 4.78 is 0. The molecule has 0 spiro atoms. The first kappa shape index (κ1) is 23.0. The first-order chi connectivity index (χ1) is 12.5. The monoisotopic (exact) mass is 480 g/mol. The van der Waals surface area contributed by atoms with Crippen molar-refractivity contribution in [3.8, 4) is 0 Å². The van der Waals surface area contributed by atoms with Crippen LogP contribution in [0, 0.1) is 6.92 Å². The molecular weight excluding hydrogens is 451 g/mol. The minimum atomic E-state index is -0.423. The Balaban J connectivity index is 0.00000364. The van der Waals surface area contributed by atoms with Crippen molar-refractivity contribution in [3.63, 3.8) is 0 Å². The maximum Gasteiger partial charge on any atom is 0.248 e. The predicted octanol–water partition coefficient (Wildman–Crippen LogP) is 3.57. The van der Waals surface area contributed by atoms with Crippen molar-refractivity contribution in [2.24, 2.45) is 10.7 Å². The number of amides is 1. The Bertz CT molecular complexity index is 776. The van der Waals surface area contributed by atoms with Crippen LogP contribution in [0.25, 0.3) is 0 Å². The van der Waals surface area contributed by atoms with Crippen molar-refractivity contribution in [2.45, 2.75) is 33.2 Å². The highest BCUT2D eigenvalue weighted by Crippen LogP contribution is 2.15. The molecule has 1 amide bonds. The number of hydrogen-bond acceptors (Lipinski definition) is 2. The Morgan fingerprint density at radius 1 is 1.15 bits per heavy atom. The number of rotatable bonds is 7. The summed E-state index contributed by atoms with van der Waals surface area (Å²) in [6.45, 7) is 8.39. The van der Waals surface area contributed by atoms with Crippen LogP contribution in [-0.4, -0.2) is 25.0 Å². The molecule has 0 radical (unpaired) electrons. The summed E-state index contributed by atoms with van der Waals surface area (Å²) >= 11 is 0. The van der Waals surface area contributed by atoms with E-state index in [4.69, 9.17) is 5.73 Å². The number of benzene rings is 2. The molecular formula is C21H29IN4O. The third-order valence-corrected chi connectivity index (χ3v) is 4.16. The lowest BCUT2D eigenvalue weighted by molar-refractivity contribution is 0.1000. The average molecular weight is 480 g/mol. The van der Waals surface area contributed by atoms with Crippen molar-refractivity contribution in [3.05, 3.63) is 70.8 Å². The van der Waals surface area contributed by atoms with E-state index in [0.717, 1.165) is 24.6 Å². The zero-order valence-electron chi connectivity index (χ0n) is 16.2. The van der Waals surface area contributed by atoms with Crippen molar-refractivity contribution in [2.75, 3.05) is 13.1 Å². The summed E-state index contributed by atoms with van der Waals surface area (Å²) in [5.41, 5.74) is 9.36. The van der Waals surface area contributed by atoms with E-state index in [1.807, 2.05) is 19.1 Å². The third-order valence-electron chi connectivity index (χ3n) is 4.16. The van der Waals surface area contributed by atoms with E-state index in [1.54, 1.807) is 12.1 Å². The number of carbonyl (C=O) groups excluding carboxylic acids is 1. The summed E-state index contributed by atoms with van der Waals surface area (Å²) in [7, 11) is 0. The Kier molecular flexibility index (Phi) is 9.85. The number of nitrogens with two attached hydrogens (primary N) is 1. The molecule has 0 aliphatic rings. The molecule has 0 aliphatic carbocycles. The normalized spacial score (nSPS) is 12.0. The van der Waals surface area contributed by atoms with Gasteiger partial charge in [-0.2, -0.15) is 0 Å². The molecule has 0 saturated heterocycles. The van der Waals surface area contributed by atoms with Crippen LogP contribution in [0.2, 0.25) is 0 Å². The molecule has 0 aliphatic heterocycles. The number of aliphatic imine (C=N–C) groups is 1. The van der Waals surface area contributed by atoms with Crippen molar-refractivity contribution >= 4 is 35.8 Å². The molecule has 0 saturated carbocycles. The van der Waals surface area contributed by atoms with Gasteiger partial charge in [0, 0.05) is 18.7 Å². The van der Waals surface area contributed by atoms with Gasteiger partial charge in [-0.05, 0) is 43.0 Å². The van der Waals surface area contributed by atoms with Crippen LogP contribution >= 0.6 is 24.0 Å². The second-order valence-electron chi connectivity index (χ2n) is 6.46. The van der Waals surface area contributed by atoms with Gasteiger partial charge in [0.2, 0.25) is 5.91 Å². The Morgan fingerprint density at radius 2 is 1.89 bits per heavy atom. The summed E-state index contributed by atoms with van der Waals surface area (Å²) in [6.07, 6.45) is 0. The molecule has 4 N–H and O–H groups in total. The maximum atomic E-state index is 11.3. The fourth-order valence-electron chi connectivity index (χ4n) is 2.68. The van der Waals surface area contributed by atoms with E-state index in [-0.39, 0.29) is 24.0 Å². The molecule has 2 aromatic rings. The molecule has 27 heavy (non-hydrogen) atoms. The minimum absolute atomic E-state index is 0. The standard InChI is InChI=1S/C21H28N4O.HI/c1-4-23-21(24-13-16(3)18-9-5-7-15(2)11-18)25-14-17-8-6-10-19(12-17)20(22)26;/h5-12,16H,4,13-14H2,1-3H3,(H2,22,26)(H2,23,24,25);1H. The lowest BCUT2D eigenvalue weighted by atomic mass is 9.99. The van der Waals surface area contributed by atoms with Gasteiger partial charge in [-0.25, -0.2) is 4.99 Å². The summed E-state index contributed by atoms with van der Waals surface area (Å²) in [6, 6.07) is 15.8. The zero-order valence-corrected chi connectivity index (χ0v) is 18.5. The Morgan fingerprint density at radius 3 is 2.56 bits per heavy atom. The molecule has 0 fully saturated rings. The van der Waals surface area contributed by atoms with Gasteiger partial charge in [-0.15, -0.1) is 24.0 Å². The molecule has 1 atom stereocenters. The third kappa shape index (κ3) is 7.58. The zero-order chi connectivity index (χ0) is 18.9. The van der Waals surface area contributed by atoms with Crippen LogP contribution in [0.4, 0.5) is 0 Å². The molecule has 5 nitrogen and oxygen atoms in total. The Hall–Kier alpha value is -2.09. The van der Waals surface area contributed by atoms with Gasteiger partial charge in [-0.3, -0.25) is 4.79 Å². The smallest absolute Gasteiger partial charge is 0.248 e. The number of aryl methyl sites for hydroxylation is 1. The number of primary amides is 1. The van der Waals surface area contributed by atoms with Gasteiger partial charge in [-0.1, -0.05) is 48.9 Å². The molecule has 2 rings (SSSR count). The fraction of sp³-hybridized carbons (Fsp3) is 0.333. The molecule has 146 valence electrons. The Labute approximate surface area is 178 Å². The maximum absolute atomic E-state index is 11.3. The highest BCUT2D eigenvalue weighted by Gasteiger charge is 2.07. The predicted molar refractivity (Wildman–Crippen MR) is 123 cm³/mol. The molecule has 2 aromatic carbocycles. The number of nitrogens with zero attached hydrogens (tertiary/aromatic N) is 1. The van der Waals surface area contributed by atoms with E-state index in [9.17, 15) is 4.79 Å². The summed E-state index contributed by atoms with van der Waals surface area (Å²) in [4.78, 5) is 15.9. The molecule has 1 unspecified atom stereocenters. The van der Waals surface area contributed by atoms with Crippen LogP contribution < -0.4 is 16.4 Å². The van der Waals surface area contributed by atoms with Crippen LogP contribution in [0.3, 0.4) is 0 Å². The van der Waals surface area contributed by atoms with Gasteiger partial charge in [0.1, 0.15) is 0 Å². The largest absolute Gasteiger partial charge is 0.366 e. The van der Waals surface area contributed by atoms with Gasteiger partial charge in [0.05, 0.1) is 6.54 Å². The van der Waals surface area contributed by atoms with E-state index < -0.39 is 5.91 Å². The van der Waals surface area contributed by atoms with E-state index in [2.05, 4.69) is 53.7 Å². The topological polar surface area (TPSA) is 79.5 Å². The summed E-state index contributed by atoms with van der Waals surface area (Å²) in [5.74, 6) is 0.710. The first-order valence-electron chi connectivity index (χ1n) is 8.97. The van der Waals surface area contributed by atoms with E-state index in [0.29, 0.717) is 18.0 Å². The van der Waals surface area contributed by atoms with Crippen molar-refractivity contribution in [1.29, 1.82) is 0 Å². The number of hydrogen-bond donors (Lipinski definition) is 3. The van der Waals surface area contributed by atoms with E-state index >= 15 is 0 Å². The van der Waals surface area contributed by atoms with Crippen LogP contribution in [-0.2, 0) is 6.54 Å². The lowest BCUT2D eigenvalue weighted by Crippen LogP contribution is -2.39. The SMILES string of the molecule is CCNC(=NCc1cccc(C(N)=O)c1)NCC(C)c1cccc(C)c1.I. The van der Waals surface area contributed by atoms with Gasteiger partial charge >= 0.3 is 0 Å². The highest BCUT2D eigenvalue weighted by atomic mass is 127. The number of guanidine groups is 1. The average Bonchev–Trinajstić information content (AvgIpc) is 2.64. The molecule has 0 heterocycles. The van der Waals surface area contributed by atoms with Crippen LogP contribution in [0.1, 0.15) is 46.8 Å². The van der Waals surface area contributed by atoms with Crippen molar-refractivity contribution < 1.29 is 4.79 Å². The van der Waals surface area contributed by atoms with Crippen LogP contribution in [0.5, 0.6) is 0 Å². The van der Waals surface area contributed by atoms with Gasteiger partial charge in [0.25, 0.3) is 0 Å². The van der Waals surface area contributed by atoms with E-state index in [1.165, 1.54) is 11.1 Å². The van der Waals surface area contributed by atoms with Gasteiger partial charge < -0.3 is 16.4 Å². The van der Waals surface area contributed by atoms with Crippen molar-refractivity contribution in [1.82, 2.24) is 10.6 Å². The summed E-state index contributed by atoms with van der Waals surface area (Å²) in [5, 5.41) is 6.65. The molecule has 6 heteroatoms. The number of carbonyl (C=O) groups is 1. The first-order valence-corrected chi connectivity index (χ1v) is 8.97. The minimum Gasteiger partial charge on any atom is -0.366 e. The fourth-order valence-corrected chi connectivity index (χ4v) is 2.68.